The smallest absolute Gasteiger partial charge is 0.124 e. The van der Waals surface area contributed by atoms with Gasteiger partial charge in [0.05, 0.1) is 16.9 Å². The van der Waals surface area contributed by atoms with Crippen LogP contribution >= 0.6 is 27.5 Å². The van der Waals surface area contributed by atoms with Crippen molar-refractivity contribution in [2.24, 2.45) is 0 Å². The summed E-state index contributed by atoms with van der Waals surface area (Å²) in [6.07, 6.45) is 3.18. The SMILES string of the molecule is Fc1ccc(-n2cc(Cl)cn2)c(Br)c1. The molecule has 0 amide bonds. The van der Waals surface area contributed by atoms with Gasteiger partial charge >= 0.3 is 0 Å². The van der Waals surface area contributed by atoms with Crippen LogP contribution in [0.3, 0.4) is 0 Å². The molecular weight excluding hydrogens is 270 g/mol. The highest BCUT2D eigenvalue weighted by Gasteiger charge is 2.04. The van der Waals surface area contributed by atoms with Crippen LogP contribution in [-0.4, -0.2) is 9.78 Å². The Kier molecular flexibility index (Phi) is 2.56. The molecule has 5 heteroatoms. The molecule has 0 fully saturated rings. The minimum Gasteiger partial charge on any atom is -0.238 e. The zero-order valence-electron chi connectivity index (χ0n) is 6.92. The number of nitrogens with zero attached hydrogens (tertiary/aromatic N) is 2. The summed E-state index contributed by atoms with van der Waals surface area (Å²) in [7, 11) is 0. The van der Waals surface area contributed by atoms with Gasteiger partial charge in [-0.2, -0.15) is 5.10 Å². The molecule has 2 nitrogen and oxygen atoms in total. The minimum absolute atomic E-state index is 0.293. The Labute approximate surface area is 93.4 Å². The average molecular weight is 276 g/mol. The van der Waals surface area contributed by atoms with Crippen molar-refractivity contribution >= 4 is 27.5 Å². The van der Waals surface area contributed by atoms with Gasteiger partial charge in [0.15, 0.2) is 0 Å². The zero-order valence-corrected chi connectivity index (χ0v) is 9.26. The van der Waals surface area contributed by atoms with Crippen LogP contribution in [0.5, 0.6) is 0 Å². The molecule has 0 spiro atoms. The molecule has 0 aliphatic heterocycles. The number of hydrogen-bond donors (Lipinski definition) is 0. The van der Waals surface area contributed by atoms with Crippen LogP contribution in [0.15, 0.2) is 35.1 Å². The highest BCUT2D eigenvalue weighted by molar-refractivity contribution is 9.10. The predicted molar refractivity (Wildman–Crippen MR) is 56.2 cm³/mol. The lowest BCUT2D eigenvalue weighted by Crippen LogP contribution is -1.95. The largest absolute Gasteiger partial charge is 0.238 e. The van der Waals surface area contributed by atoms with Crippen molar-refractivity contribution in [2.75, 3.05) is 0 Å². The van der Waals surface area contributed by atoms with Gasteiger partial charge < -0.3 is 0 Å². The third kappa shape index (κ3) is 1.81. The second-order valence-corrected chi connectivity index (χ2v) is 3.99. The maximum atomic E-state index is 12.8. The molecule has 14 heavy (non-hydrogen) atoms. The lowest BCUT2D eigenvalue weighted by molar-refractivity contribution is 0.626. The predicted octanol–water partition coefficient (Wildman–Crippen LogP) is 3.43. The molecule has 0 atom stereocenters. The second kappa shape index (κ2) is 3.71. The van der Waals surface area contributed by atoms with Crippen molar-refractivity contribution < 1.29 is 4.39 Å². The molecule has 0 saturated carbocycles. The maximum absolute atomic E-state index is 12.8. The van der Waals surface area contributed by atoms with Crippen molar-refractivity contribution in [3.05, 3.63) is 45.9 Å². The summed E-state index contributed by atoms with van der Waals surface area (Å²) in [5.41, 5.74) is 0.748. The fraction of sp³-hybridized carbons (Fsp3) is 0. The van der Waals surface area contributed by atoms with E-state index in [1.165, 1.54) is 18.3 Å². The van der Waals surface area contributed by atoms with Gasteiger partial charge in [-0.3, -0.25) is 0 Å². The van der Waals surface area contributed by atoms with Crippen LogP contribution in [0.1, 0.15) is 0 Å². The molecule has 0 bridgehead atoms. The van der Waals surface area contributed by atoms with Crippen LogP contribution in [-0.2, 0) is 0 Å². The summed E-state index contributed by atoms with van der Waals surface area (Å²) >= 11 is 8.97. The Morgan fingerprint density at radius 3 is 2.79 bits per heavy atom. The van der Waals surface area contributed by atoms with E-state index in [4.69, 9.17) is 11.6 Å². The van der Waals surface area contributed by atoms with E-state index in [1.54, 1.807) is 16.9 Å². The molecule has 72 valence electrons. The fourth-order valence-corrected chi connectivity index (χ4v) is 1.77. The normalized spacial score (nSPS) is 10.5. The Morgan fingerprint density at radius 1 is 1.43 bits per heavy atom. The van der Waals surface area contributed by atoms with Gasteiger partial charge in [0.1, 0.15) is 5.82 Å². The monoisotopic (exact) mass is 274 g/mol. The summed E-state index contributed by atoms with van der Waals surface area (Å²) in [6, 6.07) is 4.38. The number of rotatable bonds is 1. The van der Waals surface area contributed by atoms with E-state index in [2.05, 4.69) is 21.0 Å². The quantitative estimate of drug-likeness (QED) is 0.780. The van der Waals surface area contributed by atoms with Gasteiger partial charge in [0.2, 0.25) is 0 Å². The second-order valence-electron chi connectivity index (χ2n) is 2.70. The molecule has 0 aliphatic carbocycles. The van der Waals surface area contributed by atoms with Gasteiger partial charge in [-0.15, -0.1) is 0 Å². The van der Waals surface area contributed by atoms with E-state index in [0.717, 1.165) is 5.69 Å². The summed E-state index contributed by atoms with van der Waals surface area (Å²) in [4.78, 5) is 0. The third-order valence-corrected chi connectivity index (χ3v) is 2.54. The van der Waals surface area contributed by atoms with Crippen molar-refractivity contribution in [3.63, 3.8) is 0 Å². The van der Waals surface area contributed by atoms with Crippen molar-refractivity contribution in [2.45, 2.75) is 0 Å². The molecule has 0 radical (unpaired) electrons. The molecule has 2 aromatic rings. The summed E-state index contributed by atoms with van der Waals surface area (Å²) in [6.45, 7) is 0. The molecule has 0 saturated heterocycles. The molecule has 1 aromatic carbocycles. The van der Waals surface area contributed by atoms with Gasteiger partial charge in [0, 0.05) is 10.7 Å². The molecule has 0 N–H and O–H groups in total. The van der Waals surface area contributed by atoms with Crippen molar-refractivity contribution in [3.8, 4) is 5.69 Å². The molecular formula is C9H5BrClFN2. The highest BCUT2D eigenvalue weighted by atomic mass is 79.9. The van der Waals surface area contributed by atoms with E-state index < -0.39 is 0 Å². The van der Waals surface area contributed by atoms with Crippen LogP contribution in [0.25, 0.3) is 5.69 Å². The molecule has 2 rings (SSSR count). The van der Waals surface area contributed by atoms with E-state index >= 15 is 0 Å². The van der Waals surface area contributed by atoms with Crippen LogP contribution < -0.4 is 0 Å². The van der Waals surface area contributed by atoms with E-state index in [9.17, 15) is 4.39 Å². The summed E-state index contributed by atoms with van der Waals surface area (Å²) < 4.78 is 15.0. The number of benzene rings is 1. The zero-order chi connectivity index (χ0) is 10.1. The van der Waals surface area contributed by atoms with Gasteiger partial charge in [-0.25, -0.2) is 9.07 Å². The Bertz CT molecular complexity index is 470. The van der Waals surface area contributed by atoms with Gasteiger partial charge in [-0.1, -0.05) is 11.6 Å². The first-order valence-corrected chi connectivity index (χ1v) is 4.99. The lowest BCUT2D eigenvalue weighted by Gasteiger charge is -2.03. The third-order valence-electron chi connectivity index (χ3n) is 1.71. The minimum atomic E-state index is -0.293. The summed E-state index contributed by atoms with van der Waals surface area (Å²) in [5.74, 6) is -0.293. The summed E-state index contributed by atoms with van der Waals surface area (Å²) in [5, 5.41) is 4.55. The topological polar surface area (TPSA) is 17.8 Å². The molecule has 1 aromatic heterocycles. The average Bonchev–Trinajstić information content (AvgIpc) is 2.51. The van der Waals surface area contributed by atoms with Crippen LogP contribution in [0, 0.1) is 5.82 Å². The Morgan fingerprint density at radius 2 is 2.21 bits per heavy atom. The first-order valence-electron chi connectivity index (χ1n) is 3.82. The van der Waals surface area contributed by atoms with Gasteiger partial charge in [-0.05, 0) is 34.1 Å². The standard InChI is InChI=1S/C9H5BrClFN2/c10-8-3-7(12)1-2-9(8)14-5-6(11)4-13-14/h1-5H. The first-order chi connectivity index (χ1) is 6.66. The Balaban J connectivity index is 2.52. The maximum Gasteiger partial charge on any atom is 0.124 e. The fourth-order valence-electron chi connectivity index (χ4n) is 1.10. The van der Waals surface area contributed by atoms with Crippen LogP contribution in [0.4, 0.5) is 4.39 Å². The lowest BCUT2D eigenvalue weighted by atomic mass is 10.3. The molecule has 1 heterocycles. The number of hydrogen-bond acceptors (Lipinski definition) is 1. The van der Waals surface area contributed by atoms with Crippen molar-refractivity contribution in [1.29, 1.82) is 0 Å². The number of halogens is 3. The number of aromatic nitrogens is 2. The highest BCUT2D eigenvalue weighted by Crippen LogP contribution is 2.22. The van der Waals surface area contributed by atoms with E-state index in [1.807, 2.05) is 0 Å². The van der Waals surface area contributed by atoms with E-state index in [0.29, 0.717) is 9.50 Å². The van der Waals surface area contributed by atoms with Crippen molar-refractivity contribution in [1.82, 2.24) is 9.78 Å². The molecule has 0 aliphatic rings. The molecule has 0 unspecified atom stereocenters. The van der Waals surface area contributed by atoms with Gasteiger partial charge in [0.25, 0.3) is 0 Å². The van der Waals surface area contributed by atoms with Crippen LogP contribution in [0.2, 0.25) is 5.02 Å². The first kappa shape index (κ1) is 9.68. The Hall–Kier alpha value is -0.870. The van der Waals surface area contributed by atoms with E-state index in [-0.39, 0.29) is 5.82 Å².